The van der Waals surface area contributed by atoms with Gasteiger partial charge < -0.3 is 14.6 Å². The highest BCUT2D eigenvalue weighted by atomic mass is 16.5. The third-order valence-electron chi connectivity index (χ3n) is 6.74. The molecule has 2 atom stereocenters. The van der Waals surface area contributed by atoms with Crippen LogP contribution in [0, 0.1) is 5.92 Å². The molecule has 3 aromatic rings. The Morgan fingerprint density at radius 2 is 2.04 bits per heavy atom. The van der Waals surface area contributed by atoms with Crippen molar-refractivity contribution >= 4 is 10.9 Å². The molecule has 1 N–H and O–H groups in total. The highest BCUT2D eigenvalue weighted by molar-refractivity contribution is 5.85. The number of nitrogens with one attached hydrogen (secondary N) is 1. The number of ether oxygens (including phenoxy) is 1. The van der Waals surface area contributed by atoms with Crippen LogP contribution in [0.1, 0.15) is 23.2 Å². The van der Waals surface area contributed by atoms with Gasteiger partial charge in [-0.1, -0.05) is 30.3 Å². The van der Waals surface area contributed by atoms with Crippen LogP contribution in [0.2, 0.25) is 0 Å². The lowest BCUT2D eigenvalue weighted by Gasteiger charge is -2.50. The Hall–Kier alpha value is -2.26. The number of fused-ring (bicyclic) bond motifs is 4. The number of hydrogen-bond acceptors (Lipinski definition) is 2. The Labute approximate surface area is 155 Å². The number of para-hydroxylation sites is 1. The number of aromatic amines is 1. The number of nitrogens with zero attached hydrogens (tertiary/aromatic N) is 1. The molecule has 5 rings (SSSR count). The molecule has 2 aliphatic rings. The zero-order chi connectivity index (χ0) is 17.7. The SMILES string of the molecule is COc1cccc([C@]23CCN(C)CC2Cc2c([nH]c4ccccc24)C3)c1. The summed E-state index contributed by atoms with van der Waals surface area (Å²) in [6, 6.07) is 17.6. The molecule has 3 nitrogen and oxygen atoms in total. The second-order valence-corrected chi connectivity index (χ2v) is 8.11. The molecular weight excluding hydrogens is 320 g/mol. The Balaban J connectivity index is 1.66. The minimum absolute atomic E-state index is 0.203. The topological polar surface area (TPSA) is 28.3 Å². The molecule has 0 amide bonds. The lowest BCUT2D eigenvalue weighted by Crippen LogP contribution is -2.52. The summed E-state index contributed by atoms with van der Waals surface area (Å²) < 4.78 is 5.54. The maximum absolute atomic E-state index is 5.54. The molecule has 1 fully saturated rings. The third kappa shape index (κ3) is 2.30. The van der Waals surface area contributed by atoms with Gasteiger partial charge in [-0.15, -0.1) is 0 Å². The van der Waals surface area contributed by atoms with Crippen LogP contribution in [0.3, 0.4) is 0 Å². The molecule has 3 heteroatoms. The minimum Gasteiger partial charge on any atom is -0.497 e. The molecule has 0 spiro atoms. The summed E-state index contributed by atoms with van der Waals surface area (Å²) in [6.07, 6.45) is 3.46. The first-order valence-electron chi connectivity index (χ1n) is 9.61. The zero-order valence-corrected chi connectivity index (χ0v) is 15.6. The lowest BCUT2D eigenvalue weighted by atomic mass is 9.59. The van der Waals surface area contributed by atoms with E-state index in [0.717, 1.165) is 31.7 Å². The molecule has 1 aliphatic carbocycles. The number of rotatable bonds is 2. The molecule has 1 saturated heterocycles. The van der Waals surface area contributed by atoms with Crippen LogP contribution in [0.15, 0.2) is 48.5 Å². The lowest BCUT2D eigenvalue weighted by molar-refractivity contribution is 0.0994. The number of H-pyrrole nitrogens is 1. The fraction of sp³-hybridized carbons (Fsp3) is 0.391. The maximum atomic E-state index is 5.54. The van der Waals surface area contributed by atoms with Gasteiger partial charge in [0, 0.05) is 28.6 Å². The summed E-state index contributed by atoms with van der Waals surface area (Å²) in [4.78, 5) is 6.24. The smallest absolute Gasteiger partial charge is 0.119 e. The first kappa shape index (κ1) is 16.0. The van der Waals surface area contributed by atoms with Crippen LogP contribution in [0.4, 0.5) is 0 Å². The molecule has 1 aliphatic heterocycles. The highest BCUT2D eigenvalue weighted by Crippen LogP contribution is 2.49. The van der Waals surface area contributed by atoms with Gasteiger partial charge in [-0.3, -0.25) is 0 Å². The second-order valence-electron chi connectivity index (χ2n) is 8.11. The van der Waals surface area contributed by atoms with E-state index in [1.54, 1.807) is 12.7 Å². The molecule has 2 heterocycles. The van der Waals surface area contributed by atoms with E-state index in [2.05, 4.69) is 65.5 Å². The van der Waals surface area contributed by atoms with Crippen LogP contribution in [-0.4, -0.2) is 37.1 Å². The predicted molar refractivity (Wildman–Crippen MR) is 106 cm³/mol. The van der Waals surface area contributed by atoms with Gasteiger partial charge in [-0.2, -0.15) is 0 Å². The average Bonchev–Trinajstić information content (AvgIpc) is 3.03. The number of aromatic nitrogens is 1. The Bertz CT molecular complexity index is 960. The van der Waals surface area contributed by atoms with E-state index in [1.165, 1.54) is 28.6 Å². The largest absolute Gasteiger partial charge is 0.497 e. The standard InChI is InChI=1S/C23H26N2O/c1-25-11-10-23(16-6-5-7-18(12-16)26-2)14-22-20(13-17(23)15-25)19-8-3-4-9-21(19)24-22/h3-9,12,17,24H,10-11,13-15H2,1-2H3/t17?,23-/m1/s1. The fourth-order valence-corrected chi connectivity index (χ4v) is 5.35. The average molecular weight is 346 g/mol. The summed E-state index contributed by atoms with van der Waals surface area (Å²) in [5.41, 5.74) is 5.91. The van der Waals surface area contributed by atoms with Crippen molar-refractivity contribution < 1.29 is 4.74 Å². The monoisotopic (exact) mass is 346 g/mol. The molecular formula is C23H26N2O. The number of benzene rings is 2. The molecule has 2 aromatic carbocycles. The number of hydrogen-bond donors (Lipinski definition) is 1. The molecule has 134 valence electrons. The molecule has 0 saturated carbocycles. The summed E-state index contributed by atoms with van der Waals surface area (Å²) in [7, 11) is 4.03. The second kappa shape index (κ2) is 5.88. The van der Waals surface area contributed by atoms with E-state index in [0.29, 0.717) is 5.92 Å². The summed E-state index contributed by atoms with van der Waals surface area (Å²) in [6.45, 7) is 2.32. The molecule has 0 radical (unpaired) electrons. The van der Waals surface area contributed by atoms with Gasteiger partial charge in [0.2, 0.25) is 0 Å². The highest BCUT2D eigenvalue weighted by Gasteiger charge is 2.47. The van der Waals surface area contributed by atoms with E-state index in [1.807, 2.05) is 0 Å². The molecule has 1 aromatic heterocycles. The van der Waals surface area contributed by atoms with Crippen LogP contribution in [-0.2, 0) is 18.3 Å². The van der Waals surface area contributed by atoms with Crippen molar-refractivity contribution in [1.29, 1.82) is 0 Å². The van der Waals surface area contributed by atoms with E-state index in [9.17, 15) is 0 Å². The summed E-state index contributed by atoms with van der Waals surface area (Å²) in [5, 5.41) is 1.41. The van der Waals surface area contributed by atoms with E-state index >= 15 is 0 Å². The van der Waals surface area contributed by atoms with Gasteiger partial charge in [-0.25, -0.2) is 0 Å². The van der Waals surface area contributed by atoms with E-state index < -0.39 is 0 Å². The van der Waals surface area contributed by atoms with Gasteiger partial charge in [-0.05, 0) is 68.1 Å². The normalized spacial score (nSPS) is 25.7. The molecule has 0 bridgehead atoms. The quantitative estimate of drug-likeness (QED) is 0.754. The summed E-state index contributed by atoms with van der Waals surface area (Å²) in [5.74, 6) is 1.61. The fourth-order valence-electron chi connectivity index (χ4n) is 5.35. The van der Waals surface area contributed by atoms with Gasteiger partial charge in [0.05, 0.1) is 7.11 Å². The van der Waals surface area contributed by atoms with Crippen molar-refractivity contribution in [3.05, 3.63) is 65.4 Å². The van der Waals surface area contributed by atoms with Crippen molar-refractivity contribution in [2.45, 2.75) is 24.7 Å². The van der Waals surface area contributed by atoms with Gasteiger partial charge in [0.25, 0.3) is 0 Å². The molecule has 1 unspecified atom stereocenters. The van der Waals surface area contributed by atoms with Crippen LogP contribution < -0.4 is 4.74 Å². The van der Waals surface area contributed by atoms with Crippen molar-refractivity contribution in [3.63, 3.8) is 0 Å². The first-order valence-corrected chi connectivity index (χ1v) is 9.61. The van der Waals surface area contributed by atoms with E-state index in [-0.39, 0.29) is 5.41 Å². The zero-order valence-electron chi connectivity index (χ0n) is 15.6. The van der Waals surface area contributed by atoms with Gasteiger partial charge in [0.15, 0.2) is 0 Å². The third-order valence-corrected chi connectivity index (χ3v) is 6.74. The first-order chi connectivity index (χ1) is 12.7. The predicted octanol–water partition coefficient (Wildman–Crippen LogP) is 4.16. The number of piperidine rings is 1. The van der Waals surface area contributed by atoms with Gasteiger partial charge in [0.1, 0.15) is 5.75 Å². The minimum atomic E-state index is 0.203. The van der Waals surface area contributed by atoms with Crippen molar-refractivity contribution in [3.8, 4) is 5.75 Å². The van der Waals surface area contributed by atoms with E-state index in [4.69, 9.17) is 4.74 Å². The van der Waals surface area contributed by atoms with Crippen LogP contribution in [0.25, 0.3) is 10.9 Å². The van der Waals surface area contributed by atoms with Crippen molar-refractivity contribution in [1.82, 2.24) is 9.88 Å². The Morgan fingerprint density at radius 1 is 1.15 bits per heavy atom. The summed E-state index contributed by atoms with van der Waals surface area (Å²) >= 11 is 0. The number of likely N-dealkylation sites (tertiary alicyclic amines) is 1. The van der Waals surface area contributed by atoms with Crippen molar-refractivity contribution in [2.24, 2.45) is 5.92 Å². The maximum Gasteiger partial charge on any atom is 0.119 e. The molecule has 26 heavy (non-hydrogen) atoms. The number of methoxy groups -OCH3 is 1. The van der Waals surface area contributed by atoms with Crippen LogP contribution in [0.5, 0.6) is 5.75 Å². The van der Waals surface area contributed by atoms with Gasteiger partial charge >= 0.3 is 0 Å². The Morgan fingerprint density at radius 3 is 2.92 bits per heavy atom. The van der Waals surface area contributed by atoms with Crippen molar-refractivity contribution in [2.75, 3.05) is 27.2 Å². The van der Waals surface area contributed by atoms with Crippen LogP contribution >= 0.6 is 0 Å². The Kier molecular flexibility index (Phi) is 3.61.